The molecule has 0 unspecified atom stereocenters. The van der Waals surface area contributed by atoms with Crippen LogP contribution in [0.25, 0.3) is 11.1 Å². The average molecular weight is 248 g/mol. The highest BCUT2D eigenvalue weighted by Crippen LogP contribution is 2.40. The summed E-state index contributed by atoms with van der Waals surface area (Å²) >= 11 is 0. The van der Waals surface area contributed by atoms with Crippen molar-refractivity contribution in [2.75, 3.05) is 0 Å². The molecule has 3 rings (SSSR count). The summed E-state index contributed by atoms with van der Waals surface area (Å²) < 4.78 is 0. The van der Waals surface area contributed by atoms with Gasteiger partial charge in [0.15, 0.2) is 0 Å². The number of carbonyl (C=O) groups is 1. The van der Waals surface area contributed by atoms with Gasteiger partial charge in [0.25, 0.3) is 0 Å². The number of benzene rings is 2. The van der Waals surface area contributed by atoms with Gasteiger partial charge < -0.3 is 4.79 Å². The Morgan fingerprint density at radius 1 is 0.842 bits per heavy atom. The summed E-state index contributed by atoms with van der Waals surface area (Å²) in [5.74, 6) is 0. The molecule has 0 spiro atoms. The first-order valence-corrected chi connectivity index (χ1v) is 6.62. The average Bonchev–Trinajstić information content (AvgIpc) is 2.98. The van der Waals surface area contributed by atoms with Crippen molar-refractivity contribution < 1.29 is 4.79 Å². The second kappa shape index (κ2) is 4.85. The highest BCUT2D eigenvalue weighted by Gasteiger charge is 2.34. The Hall–Kier alpha value is -2.15. The molecule has 1 aliphatic rings. The zero-order chi connectivity index (χ0) is 13.1. The van der Waals surface area contributed by atoms with E-state index in [2.05, 4.69) is 36.4 Å². The highest BCUT2D eigenvalue weighted by atomic mass is 16.1. The minimum atomic E-state index is -0.369. The van der Waals surface area contributed by atoms with Gasteiger partial charge in [-0.25, -0.2) is 0 Å². The van der Waals surface area contributed by atoms with Gasteiger partial charge >= 0.3 is 0 Å². The molecule has 0 aliphatic heterocycles. The van der Waals surface area contributed by atoms with Crippen LogP contribution in [0.5, 0.6) is 0 Å². The molecule has 1 heteroatoms. The molecular weight excluding hydrogens is 232 g/mol. The zero-order valence-electron chi connectivity index (χ0n) is 10.8. The molecule has 2 aromatic carbocycles. The number of aldehydes is 1. The molecular formula is C18H16O. The van der Waals surface area contributed by atoms with Gasteiger partial charge in [-0.3, -0.25) is 0 Å². The van der Waals surface area contributed by atoms with E-state index >= 15 is 0 Å². The highest BCUT2D eigenvalue weighted by molar-refractivity contribution is 5.79. The Morgan fingerprint density at radius 2 is 1.47 bits per heavy atom. The lowest BCUT2D eigenvalue weighted by molar-refractivity contribution is -0.112. The summed E-state index contributed by atoms with van der Waals surface area (Å²) in [6, 6.07) is 18.5. The standard InChI is InChI=1S/C18H16O/c19-14-18(12-6-7-13-18)17-11-5-4-10-16(17)15-8-2-1-3-9-15/h1-11,14H,12-13H2. The number of hydrogen-bond acceptors (Lipinski definition) is 1. The summed E-state index contributed by atoms with van der Waals surface area (Å²) in [5.41, 5.74) is 3.11. The molecule has 0 aromatic heterocycles. The second-order valence-corrected chi connectivity index (χ2v) is 5.07. The number of carbonyl (C=O) groups excluding carboxylic acids is 1. The monoisotopic (exact) mass is 248 g/mol. The van der Waals surface area contributed by atoms with Crippen molar-refractivity contribution in [3.63, 3.8) is 0 Å². The molecule has 0 fully saturated rings. The van der Waals surface area contributed by atoms with Gasteiger partial charge in [0, 0.05) is 0 Å². The van der Waals surface area contributed by atoms with E-state index in [4.69, 9.17) is 0 Å². The van der Waals surface area contributed by atoms with Crippen LogP contribution in [-0.2, 0) is 10.2 Å². The molecule has 0 bridgehead atoms. The fourth-order valence-corrected chi connectivity index (χ4v) is 2.84. The maximum absolute atomic E-state index is 11.7. The van der Waals surface area contributed by atoms with E-state index in [0.717, 1.165) is 24.7 Å². The molecule has 1 nitrogen and oxygen atoms in total. The minimum Gasteiger partial charge on any atom is -0.302 e. The molecule has 0 radical (unpaired) electrons. The Labute approximate surface area is 113 Å². The molecule has 1 aliphatic carbocycles. The molecule has 2 aromatic rings. The van der Waals surface area contributed by atoms with Gasteiger partial charge in [0.05, 0.1) is 5.41 Å². The van der Waals surface area contributed by atoms with Gasteiger partial charge in [-0.05, 0) is 29.5 Å². The molecule has 0 saturated heterocycles. The molecule has 0 atom stereocenters. The number of hydrogen-bond donors (Lipinski definition) is 0. The lowest BCUT2D eigenvalue weighted by Crippen LogP contribution is -2.25. The van der Waals surface area contributed by atoms with Gasteiger partial charge in [-0.2, -0.15) is 0 Å². The first-order valence-electron chi connectivity index (χ1n) is 6.62. The third-order valence-electron chi connectivity index (χ3n) is 3.90. The first-order chi connectivity index (χ1) is 9.36. The fourth-order valence-electron chi connectivity index (χ4n) is 2.84. The molecule has 0 N–H and O–H groups in total. The molecule has 94 valence electrons. The van der Waals surface area contributed by atoms with E-state index in [1.54, 1.807) is 0 Å². The van der Waals surface area contributed by atoms with Crippen molar-refractivity contribution in [1.29, 1.82) is 0 Å². The molecule has 19 heavy (non-hydrogen) atoms. The van der Waals surface area contributed by atoms with Crippen LogP contribution in [0.2, 0.25) is 0 Å². The first kappa shape index (κ1) is 11.9. The second-order valence-electron chi connectivity index (χ2n) is 5.07. The third-order valence-corrected chi connectivity index (χ3v) is 3.90. The van der Waals surface area contributed by atoms with Crippen molar-refractivity contribution in [1.82, 2.24) is 0 Å². The van der Waals surface area contributed by atoms with Crippen molar-refractivity contribution in [2.45, 2.75) is 18.3 Å². The maximum Gasteiger partial charge on any atom is 0.131 e. The predicted octanol–water partition coefficient (Wildman–Crippen LogP) is 4.14. The number of allylic oxidation sites excluding steroid dienone is 2. The minimum absolute atomic E-state index is 0.369. The zero-order valence-corrected chi connectivity index (χ0v) is 10.8. The van der Waals surface area contributed by atoms with Crippen LogP contribution in [-0.4, -0.2) is 6.29 Å². The summed E-state index contributed by atoms with van der Waals surface area (Å²) in [4.78, 5) is 11.7. The summed E-state index contributed by atoms with van der Waals surface area (Å²) in [6.45, 7) is 0. The summed E-state index contributed by atoms with van der Waals surface area (Å²) in [6.07, 6.45) is 6.95. The quantitative estimate of drug-likeness (QED) is 0.589. The lowest BCUT2D eigenvalue weighted by Gasteiger charge is -2.25. The van der Waals surface area contributed by atoms with E-state index in [1.165, 1.54) is 11.1 Å². The Bertz CT molecular complexity index is 603. The van der Waals surface area contributed by atoms with Crippen LogP contribution in [0.3, 0.4) is 0 Å². The molecule has 0 heterocycles. The van der Waals surface area contributed by atoms with E-state index in [-0.39, 0.29) is 5.41 Å². The van der Waals surface area contributed by atoms with Crippen molar-refractivity contribution >= 4 is 6.29 Å². The summed E-state index contributed by atoms with van der Waals surface area (Å²) in [7, 11) is 0. The van der Waals surface area contributed by atoms with Gasteiger partial charge in [0.1, 0.15) is 6.29 Å². The maximum atomic E-state index is 11.7. The van der Waals surface area contributed by atoms with Crippen LogP contribution in [0.4, 0.5) is 0 Å². The smallest absolute Gasteiger partial charge is 0.131 e. The molecule has 0 amide bonds. The van der Waals surface area contributed by atoms with Gasteiger partial charge in [-0.1, -0.05) is 66.7 Å². The van der Waals surface area contributed by atoms with E-state index in [9.17, 15) is 4.79 Å². The Balaban J connectivity index is 2.15. The normalized spacial score (nSPS) is 16.4. The third kappa shape index (κ3) is 2.01. The van der Waals surface area contributed by atoms with Crippen molar-refractivity contribution in [2.24, 2.45) is 0 Å². The Kier molecular flexibility index (Phi) is 3.04. The van der Waals surface area contributed by atoms with Crippen molar-refractivity contribution in [3.8, 4) is 11.1 Å². The lowest BCUT2D eigenvalue weighted by atomic mass is 9.76. The van der Waals surface area contributed by atoms with Crippen LogP contribution in [0.15, 0.2) is 66.7 Å². The summed E-state index contributed by atoms with van der Waals surface area (Å²) in [5, 5.41) is 0. The van der Waals surface area contributed by atoms with E-state index in [1.807, 2.05) is 30.3 Å². The SMILES string of the molecule is O=CC1(c2ccccc2-c2ccccc2)CC=CC1. The van der Waals surface area contributed by atoms with Crippen LogP contribution < -0.4 is 0 Å². The Morgan fingerprint density at radius 3 is 2.16 bits per heavy atom. The van der Waals surface area contributed by atoms with Crippen LogP contribution in [0.1, 0.15) is 18.4 Å². The fraction of sp³-hybridized carbons (Fsp3) is 0.167. The van der Waals surface area contributed by atoms with E-state index < -0.39 is 0 Å². The number of rotatable bonds is 3. The topological polar surface area (TPSA) is 17.1 Å². The van der Waals surface area contributed by atoms with Crippen LogP contribution >= 0.6 is 0 Å². The van der Waals surface area contributed by atoms with Crippen molar-refractivity contribution in [3.05, 3.63) is 72.3 Å². The van der Waals surface area contributed by atoms with Crippen LogP contribution in [0, 0.1) is 0 Å². The van der Waals surface area contributed by atoms with E-state index in [0.29, 0.717) is 0 Å². The molecule has 0 saturated carbocycles. The van der Waals surface area contributed by atoms with Gasteiger partial charge in [-0.15, -0.1) is 0 Å². The van der Waals surface area contributed by atoms with Gasteiger partial charge in [0.2, 0.25) is 0 Å². The largest absolute Gasteiger partial charge is 0.302 e. The predicted molar refractivity (Wildman–Crippen MR) is 78.0 cm³/mol.